The Balaban J connectivity index is 1.90. The highest BCUT2D eigenvalue weighted by Crippen LogP contribution is 2.17. The Bertz CT molecular complexity index is 262. The molecule has 17 heavy (non-hydrogen) atoms. The number of aromatic nitrogens is 2. The molecule has 0 amide bonds. The number of nitrogens with zero attached hydrogens (tertiary/aromatic N) is 2. The molecule has 1 aromatic rings. The molecular formula is C13H25N3S. The van der Waals surface area contributed by atoms with Crippen LogP contribution in [0.3, 0.4) is 0 Å². The highest BCUT2D eigenvalue weighted by molar-refractivity contribution is 7.03. The molecule has 2 N–H and O–H groups in total. The van der Waals surface area contributed by atoms with Gasteiger partial charge in [-0.2, -0.15) is 0 Å². The van der Waals surface area contributed by atoms with E-state index in [0.717, 1.165) is 12.1 Å². The monoisotopic (exact) mass is 255 g/mol. The topological polar surface area (TPSA) is 51.8 Å². The van der Waals surface area contributed by atoms with E-state index in [4.69, 9.17) is 5.73 Å². The predicted octanol–water partition coefficient (Wildman–Crippen LogP) is 4.07. The fraction of sp³-hybridized carbons (Fsp3) is 0.846. The zero-order chi connectivity index (χ0) is 12.3. The summed E-state index contributed by atoms with van der Waals surface area (Å²) in [5, 5.41) is 5.96. The van der Waals surface area contributed by atoms with Gasteiger partial charge in [0.1, 0.15) is 0 Å². The third-order valence-corrected chi connectivity index (χ3v) is 3.65. The van der Waals surface area contributed by atoms with Gasteiger partial charge in [-0.15, -0.1) is 5.10 Å². The standard InChI is InChI=1S/C13H25N3S/c1-2-3-4-5-6-7-8-9-10-12(14)13-11-17-16-15-13/h11-12H,2-10,14H2,1H3. The maximum absolute atomic E-state index is 6.02. The van der Waals surface area contributed by atoms with Gasteiger partial charge < -0.3 is 5.73 Å². The summed E-state index contributed by atoms with van der Waals surface area (Å²) < 4.78 is 3.84. The zero-order valence-corrected chi connectivity index (χ0v) is 11.7. The Morgan fingerprint density at radius 3 is 2.35 bits per heavy atom. The average molecular weight is 255 g/mol. The van der Waals surface area contributed by atoms with E-state index in [0.29, 0.717) is 0 Å². The third-order valence-electron chi connectivity index (χ3n) is 3.13. The Morgan fingerprint density at radius 1 is 1.12 bits per heavy atom. The minimum atomic E-state index is 0.0915. The summed E-state index contributed by atoms with van der Waals surface area (Å²) in [7, 11) is 0. The van der Waals surface area contributed by atoms with Crippen molar-refractivity contribution < 1.29 is 0 Å². The lowest BCUT2D eigenvalue weighted by Crippen LogP contribution is -2.10. The van der Waals surface area contributed by atoms with Crippen LogP contribution in [0.15, 0.2) is 5.38 Å². The predicted molar refractivity (Wildman–Crippen MR) is 74.1 cm³/mol. The van der Waals surface area contributed by atoms with Gasteiger partial charge >= 0.3 is 0 Å². The normalized spacial score (nSPS) is 12.8. The zero-order valence-electron chi connectivity index (χ0n) is 10.9. The number of nitrogens with two attached hydrogens (primary N) is 1. The maximum atomic E-state index is 6.02. The van der Waals surface area contributed by atoms with Crippen LogP contribution in [0.5, 0.6) is 0 Å². The summed E-state index contributed by atoms with van der Waals surface area (Å²) in [6, 6.07) is 0.0915. The van der Waals surface area contributed by atoms with E-state index in [9.17, 15) is 0 Å². The van der Waals surface area contributed by atoms with Gasteiger partial charge in [0, 0.05) is 11.4 Å². The number of rotatable bonds is 10. The maximum Gasteiger partial charge on any atom is 0.0922 e. The van der Waals surface area contributed by atoms with Crippen molar-refractivity contribution in [2.75, 3.05) is 0 Å². The molecule has 0 aromatic carbocycles. The van der Waals surface area contributed by atoms with Crippen molar-refractivity contribution in [3.8, 4) is 0 Å². The minimum absolute atomic E-state index is 0.0915. The summed E-state index contributed by atoms with van der Waals surface area (Å²) in [6.45, 7) is 2.26. The van der Waals surface area contributed by atoms with Gasteiger partial charge in [0.2, 0.25) is 0 Å². The number of hydrogen-bond donors (Lipinski definition) is 1. The Morgan fingerprint density at radius 2 is 1.76 bits per heavy atom. The van der Waals surface area contributed by atoms with Crippen LogP contribution < -0.4 is 5.73 Å². The van der Waals surface area contributed by atoms with Crippen LogP contribution in [0.2, 0.25) is 0 Å². The van der Waals surface area contributed by atoms with E-state index in [1.165, 1.54) is 62.9 Å². The number of hydrogen-bond acceptors (Lipinski definition) is 4. The van der Waals surface area contributed by atoms with E-state index >= 15 is 0 Å². The molecule has 0 fully saturated rings. The fourth-order valence-electron chi connectivity index (χ4n) is 1.98. The van der Waals surface area contributed by atoms with Crippen molar-refractivity contribution in [1.82, 2.24) is 9.59 Å². The third kappa shape index (κ3) is 6.74. The summed E-state index contributed by atoms with van der Waals surface area (Å²) in [5.41, 5.74) is 6.98. The van der Waals surface area contributed by atoms with Crippen molar-refractivity contribution in [2.24, 2.45) is 5.73 Å². The molecule has 0 spiro atoms. The highest BCUT2D eigenvalue weighted by Gasteiger charge is 2.07. The van der Waals surface area contributed by atoms with E-state index < -0.39 is 0 Å². The molecule has 0 saturated heterocycles. The van der Waals surface area contributed by atoms with Gasteiger partial charge in [-0.3, -0.25) is 0 Å². The van der Waals surface area contributed by atoms with E-state index in [1.807, 2.05) is 5.38 Å². The van der Waals surface area contributed by atoms with Crippen molar-refractivity contribution in [2.45, 2.75) is 70.8 Å². The molecule has 1 rings (SSSR count). The molecule has 4 heteroatoms. The lowest BCUT2D eigenvalue weighted by molar-refractivity contribution is 0.531. The lowest BCUT2D eigenvalue weighted by Gasteiger charge is -2.07. The van der Waals surface area contributed by atoms with Crippen LogP contribution in [0.1, 0.15) is 76.4 Å². The molecule has 0 saturated carbocycles. The summed E-state index contributed by atoms with van der Waals surface area (Å²) in [4.78, 5) is 0. The molecule has 0 aliphatic carbocycles. The first-order chi connectivity index (χ1) is 8.34. The van der Waals surface area contributed by atoms with Crippen molar-refractivity contribution >= 4 is 11.5 Å². The van der Waals surface area contributed by atoms with E-state index in [-0.39, 0.29) is 6.04 Å². The smallest absolute Gasteiger partial charge is 0.0922 e. The Kier molecular flexibility index (Phi) is 8.18. The van der Waals surface area contributed by atoms with Crippen LogP contribution >= 0.6 is 11.5 Å². The molecule has 3 nitrogen and oxygen atoms in total. The minimum Gasteiger partial charge on any atom is -0.323 e. The first-order valence-electron chi connectivity index (χ1n) is 6.87. The Hall–Kier alpha value is -0.480. The van der Waals surface area contributed by atoms with Gasteiger partial charge in [0.05, 0.1) is 5.69 Å². The van der Waals surface area contributed by atoms with Crippen LogP contribution in [-0.2, 0) is 0 Å². The van der Waals surface area contributed by atoms with Crippen LogP contribution in [0, 0.1) is 0 Å². The second kappa shape index (κ2) is 9.54. The van der Waals surface area contributed by atoms with E-state index in [1.54, 1.807) is 0 Å². The van der Waals surface area contributed by atoms with Crippen molar-refractivity contribution in [3.05, 3.63) is 11.1 Å². The second-order valence-electron chi connectivity index (χ2n) is 4.70. The van der Waals surface area contributed by atoms with Gasteiger partial charge in [0.15, 0.2) is 0 Å². The fourth-order valence-corrected chi connectivity index (χ4v) is 2.50. The first-order valence-corrected chi connectivity index (χ1v) is 7.70. The molecule has 0 aliphatic rings. The van der Waals surface area contributed by atoms with Crippen LogP contribution in [-0.4, -0.2) is 9.59 Å². The second-order valence-corrected chi connectivity index (χ2v) is 5.31. The molecule has 1 unspecified atom stereocenters. The summed E-state index contributed by atoms with van der Waals surface area (Å²) in [5.74, 6) is 0. The molecule has 98 valence electrons. The largest absolute Gasteiger partial charge is 0.323 e. The first kappa shape index (κ1) is 14.6. The van der Waals surface area contributed by atoms with Crippen LogP contribution in [0.25, 0.3) is 0 Å². The van der Waals surface area contributed by atoms with Crippen LogP contribution in [0.4, 0.5) is 0 Å². The molecular weight excluding hydrogens is 230 g/mol. The molecule has 0 aliphatic heterocycles. The summed E-state index contributed by atoms with van der Waals surface area (Å²) in [6.07, 6.45) is 11.8. The van der Waals surface area contributed by atoms with Crippen molar-refractivity contribution in [3.63, 3.8) is 0 Å². The quantitative estimate of drug-likeness (QED) is 0.641. The Labute approximate surface area is 109 Å². The molecule has 1 heterocycles. The molecule has 1 aromatic heterocycles. The highest BCUT2D eigenvalue weighted by atomic mass is 32.1. The average Bonchev–Trinajstić information content (AvgIpc) is 2.86. The van der Waals surface area contributed by atoms with E-state index in [2.05, 4.69) is 16.5 Å². The molecule has 0 bridgehead atoms. The van der Waals surface area contributed by atoms with Gasteiger partial charge in [-0.1, -0.05) is 62.8 Å². The number of unbranched alkanes of at least 4 members (excludes halogenated alkanes) is 7. The lowest BCUT2D eigenvalue weighted by atomic mass is 10.0. The molecule has 0 radical (unpaired) electrons. The molecule has 1 atom stereocenters. The van der Waals surface area contributed by atoms with Gasteiger partial charge in [0.25, 0.3) is 0 Å². The SMILES string of the molecule is CCCCCCCCCCC(N)c1csnn1. The van der Waals surface area contributed by atoms with Gasteiger partial charge in [-0.25, -0.2) is 0 Å². The van der Waals surface area contributed by atoms with Gasteiger partial charge in [-0.05, 0) is 18.0 Å². The van der Waals surface area contributed by atoms with Crippen molar-refractivity contribution in [1.29, 1.82) is 0 Å². The summed E-state index contributed by atoms with van der Waals surface area (Å²) >= 11 is 1.38.